The van der Waals surface area contributed by atoms with E-state index in [1.807, 2.05) is 42.1 Å². The molecule has 22 heavy (non-hydrogen) atoms. The number of aromatic amines is 1. The van der Waals surface area contributed by atoms with Crippen LogP contribution in [-0.4, -0.2) is 26.0 Å². The molecule has 0 atom stereocenters. The molecule has 0 unspecified atom stereocenters. The summed E-state index contributed by atoms with van der Waals surface area (Å²) in [7, 11) is 0. The minimum Gasteiger partial charge on any atom is -0.478 e. The smallest absolute Gasteiger partial charge is 0.328 e. The Morgan fingerprint density at radius 3 is 2.77 bits per heavy atom. The molecule has 2 N–H and O–H groups in total. The first-order valence-electron chi connectivity index (χ1n) is 6.56. The first-order chi connectivity index (χ1) is 10.7. The second kappa shape index (κ2) is 7.90. The number of fused-ring (bicyclic) bond motifs is 1. The van der Waals surface area contributed by atoms with E-state index in [1.54, 1.807) is 23.5 Å². The lowest BCUT2D eigenvalue weighted by molar-refractivity contribution is -0.131. The minimum absolute atomic E-state index is 0.840. The highest BCUT2D eigenvalue weighted by Gasteiger charge is 2.05. The van der Waals surface area contributed by atoms with Crippen molar-refractivity contribution in [2.24, 2.45) is 0 Å². The minimum atomic E-state index is -0.914. The summed E-state index contributed by atoms with van der Waals surface area (Å²) in [5.41, 5.74) is 4.75. The number of hydrogen-bond acceptors (Lipinski definition) is 4. The first-order valence-corrected chi connectivity index (χ1v) is 7.50. The van der Waals surface area contributed by atoms with Crippen molar-refractivity contribution in [3.63, 3.8) is 0 Å². The fourth-order valence-corrected chi connectivity index (χ4v) is 2.19. The molecule has 0 spiro atoms. The standard InChI is InChI=1S/C10H7N3S.C6H8O2/c1-2-4-8-7(3-1)12-10(13-8)9-5-14-6-11-9;1-2-3-4-5-6(7)8/h1-6H,(H,12,13);2-5H,1H3,(H,7,8). The van der Waals surface area contributed by atoms with Crippen LogP contribution < -0.4 is 0 Å². The molecule has 0 saturated heterocycles. The zero-order chi connectivity index (χ0) is 15.8. The van der Waals surface area contributed by atoms with E-state index in [9.17, 15) is 4.79 Å². The van der Waals surface area contributed by atoms with Gasteiger partial charge < -0.3 is 10.1 Å². The molecule has 0 radical (unpaired) electrons. The average molecular weight is 313 g/mol. The fraction of sp³-hybridized carbons (Fsp3) is 0.0625. The van der Waals surface area contributed by atoms with Gasteiger partial charge in [-0.05, 0) is 19.1 Å². The SMILES string of the molecule is CC=CC=CC(=O)O.c1ccc2[nH]c(-c3cscn3)nc2c1. The molecule has 3 aromatic rings. The maximum absolute atomic E-state index is 9.75. The van der Waals surface area contributed by atoms with Crippen LogP contribution in [0.15, 0.2) is 59.5 Å². The van der Waals surface area contributed by atoms with E-state index in [2.05, 4.69) is 15.0 Å². The summed E-state index contributed by atoms with van der Waals surface area (Å²) in [6.45, 7) is 1.83. The van der Waals surface area contributed by atoms with Gasteiger partial charge in [0, 0.05) is 11.5 Å². The highest BCUT2D eigenvalue weighted by Crippen LogP contribution is 2.19. The molecule has 0 bridgehead atoms. The van der Waals surface area contributed by atoms with Crippen molar-refractivity contribution in [2.45, 2.75) is 6.92 Å². The molecule has 2 heterocycles. The topological polar surface area (TPSA) is 78.9 Å². The number of nitrogens with one attached hydrogen (secondary N) is 1. The molecule has 2 aromatic heterocycles. The molecular formula is C16H15N3O2S. The number of imidazole rings is 1. The van der Waals surface area contributed by atoms with Gasteiger partial charge in [-0.15, -0.1) is 11.3 Å². The summed E-state index contributed by atoms with van der Waals surface area (Å²) in [5, 5.41) is 10.0. The predicted octanol–water partition coefficient (Wildman–Crippen LogP) is 3.89. The second-order valence-corrected chi connectivity index (χ2v) is 4.92. The van der Waals surface area contributed by atoms with Gasteiger partial charge >= 0.3 is 5.97 Å². The quantitative estimate of drug-likeness (QED) is 0.568. The van der Waals surface area contributed by atoms with Crippen molar-refractivity contribution >= 4 is 28.3 Å². The maximum Gasteiger partial charge on any atom is 0.328 e. The van der Waals surface area contributed by atoms with Crippen molar-refractivity contribution < 1.29 is 9.90 Å². The Morgan fingerprint density at radius 1 is 1.32 bits per heavy atom. The van der Waals surface area contributed by atoms with Gasteiger partial charge in [0.15, 0.2) is 5.82 Å². The van der Waals surface area contributed by atoms with E-state index in [0.717, 1.165) is 28.6 Å². The second-order valence-electron chi connectivity index (χ2n) is 4.20. The summed E-state index contributed by atoms with van der Waals surface area (Å²) in [5.74, 6) is -0.0736. The van der Waals surface area contributed by atoms with Crippen molar-refractivity contribution in [3.05, 3.63) is 59.5 Å². The third kappa shape index (κ3) is 4.39. The molecule has 3 rings (SSSR count). The predicted molar refractivity (Wildman–Crippen MR) is 88.8 cm³/mol. The van der Waals surface area contributed by atoms with Crippen LogP contribution in [0.4, 0.5) is 0 Å². The molecule has 0 amide bonds. The summed E-state index contributed by atoms with van der Waals surface area (Å²) in [6.07, 6.45) is 5.98. The van der Waals surface area contributed by atoms with Crippen LogP contribution in [0.25, 0.3) is 22.6 Å². The van der Waals surface area contributed by atoms with Crippen LogP contribution in [-0.2, 0) is 4.79 Å². The Kier molecular flexibility index (Phi) is 5.62. The monoisotopic (exact) mass is 313 g/mol. The van der Waals surface area contributed by atoms with Crippen LogP contribution in [0.2, 0.25) is 0 Å². The van der Waals surface area contributed by atoms with E-state index in [-0.39, 0.29) is 0 Å². The van der Waals surface area contributed by atoms with E-state index in [1.165, 1.54) is 6.08 Å². The zero-order valence-corrected chi connectivity index (χ0v) is 12.7. The number of aromatic nitrogens is 3. The fourth-order valence-electron chi connectivity index (χ4n) is 1.65. The highest BCUT2D eigenvalue weighted by molar-refractivity contribution is 7.07. The Bertz CT molecular complexity index is 756. The average Bonchev–Trinajstić information content (AvgIpc) is 3.17. The molecule has 1 aromatic carbocycles. The molecule has 0 aliphatic carbocycles. The number of hydrogen-bond donors (Lipinski definition) is 2. The van der Waals surface area contributed by atoms with Crippen LogP contribution in [0.5, 0.6) is 0 Å². The summed E-state index contributed by atoms with van der Waals surface area (Å²) < 4.78 is 0. The van der Waals surface area contributed by atoms with Gasteiger partial charge in [0.05, 0.1) is 16.5 Å². The number of allylic oxidation sites excluding steroid dienone is 3. The molecule has 0 aliphatic heterocycles. The van der Waals surface area contributed by atoms with Crippen molar-refractivity contribution in [3.8, 4) is 11.5 Å². The summed E-state index contributed by atoms with van der Waals surface area (Å²) in [4.78, 5) is 21.6. The zero-order valence-electron chi connectivity index (χ0n) is 11.9. The Labute approximate surface area is 131 Å². The lowest BCUT2D eigenvalue weighted by Gasteiger charge is -1.84. The number of carbonyl (C=O) groups is 1. The number of benzene rings is 1. The molecule has 5 nitrogen and oxygen atoms in total. The van der Waals surface area contributed by atoms with Gasteiger partial charge in [0.2, 0.25) is 0 Å². The first kappa shape index (κ1) is 15.7. The van der Waals surface area contributed by atoms with Crippen LogP contribution >= 0.6 is 11.3 Å². The third-order valence-electron chi connectivity index (χ3n) is 2.61. The van der Waals surface area contributed by atoms with E-state index >= 15 is 0 Å². The van der Waals surface area contributed by atoms with Gasteiger partial charge in [-0.3, -0.25) is 0 Å². The molecule has 0 fully saturated rings. The number of carboxylic acid groups (broad SMARTS) is 1. The number of carboxylic acids is 1. The number of rotatable bonds is 3. The lowest BCUT2D eigenvalue weighted by atomic mass is 10.3. The van der Waals surface area contributed by atoms with Gasteiger partial charge in [-0.25, -0.2) is 14.8 Å². The van der Waals surface area contributed by atoms with Crippen molar-refractivity contribution in [2.75, 3.05) is 0 Å². The molecular weight excluding hydrogens is 298 g/mol. The Balaban J connectivity index is 0.000000192. The van der Waals surface area contributed by atoms with E-state index in [4.69, 9.17) is 5.11 Å². The molecule has 0 saturated carbocycles. The van der Waals surface area contributed by atoms with Gasteiger partial charge in [0.25, 0.3) is 0 Å². The van der Waals surface area contributed by atoms with Gasteiger partial charge in [-0.2, -0.15) is 0 Å². The normalized spacial score (nSPS) is 11.0. The van der Waals surface area contributed by atoms with Crippen LogP contribution in [0.1, 0.15) is 6.92 Å². The van der Waals surface area contributed by atoms with Gasteiger partial charge in [-0.1, -0.05) is 30.4 Å². The molecule has 112 valence electrons. The van der Waals surface area contributed by atoms with Crippen LogP contribution in [0.3, 0.4) is 0 Å². The number of nitrogens with zero attached hydrogens (tertiary/aromatic N) is 2. The molecule has 6 heteroatoms. The van der Waals surface area contributed by atoms with Crippen molar-refractivity contribution in [1.82, 2.24) is 15.0 Å². The number of para-hydroxylation sites is 2. The summed E-state index contributed by atoms with van der Waals surface area (Å²) in [6, 6.07) is 7.97. The van der Waals surface area contributed by atoms with E-state index in [0.29, 0.717) is 0 Å². The number of aliphatic carboxylic acids is 1. The number of thiazole rings is 1. The maximum atomic E-state index is 9.75. The summed E-state index contributed by atoms with van der Waals surface area (Å²) >= 11 is 1.57. The largest absolute Gasteiger partial charge is 0.478 e. The highest BCUT2D eigenvalue weighted by atomic mass is 32.1. The van der Waals surface area contributed by atoms with E-state index < -0.39 is 5.97 Å². The lowest BCUT2D eigenvalue weighted by Crippen LogP contribution is -1.83. The van der Waals surface area contributed by atoms with Crippen molar-refractivity contribution in [1.29, 1.82) is 0 Å². The Morgan fingerprint density at radius 2 is 2.14 bits per heavy atom. The Hall–Kier alpha value is -2.73. The van der Waals surface area contributed by atoms with Crippen LogP contribution in [0, 0.1) is 0 Å². The molecule has 0 aliphatic rings. The third-order valence-corrected chi connectivity index (χ3v) is 3.19. The number of H-pyrrole nitrogens is 1. The van der Waals surface area contributed by atoms with Gasteiger partial charge in [0.1, 0.15) is 5.69 Å².